The van der Waals surface area contributed by atoms with Crippen LogP contribution >= 0.6 is 49.9 Å². The lowest BCUT2D eigenvalue weighted by Gasteiger charge is -2.06. The molecule has 0 amide bonds. The van der Waals surface area contributed by atoms with Gasteiger partial charge < -0.3 is 5.32 Å². The van der Waals surface area contributed by atoms with E-state index in [2.05, 4.69) is 43.8 Å². The Morgan fingerprint density at radius 2 is 2.17 bits per heavy atom. The number of nitro benzene ring substituents is 1. The quantitative estimate of drug-likeness (QED) is 0.430. The van der Waals surface area contributed by atoms with Gasteiger partial charge in [0.2, 0.25) is 0 Å². The van der Waals surface area contributed by atoms with Crippen LogP contribution in [-0.4, -0.2) is 4.92 Å². The van der Waals surface area contributed by atoms with Crippen molar-refractivity contribution < 1.29 is 4.92 Å². The van der Waals surface area contributed by atoms with E-state index < -0.39 is 0 Å². The van der Waals surface area contributed by atoms with E-state index in [1.54, 1.807) is 23.5 Å². The van der Waals surface area contributed by atoms with Gasteiger partial charge in [-0.05, 0) is 62.8 Å². The smallest absolute Gasteiger partial charge is 0.293 e. The van der Waals surface area contributed by atoms with Gasteiger partial charge in [-0.3, -0.25) is 10.1 Å². The molecule has 1 N–H and O–H groups in total. The second kappa shape index (κ2) is 5.98. The second-order valence-electron chi connectivity index (χ2n) is 3.48. The van der Waals surface area contributed by atoms with Crippen molar-refractivity contribution in [1.82, 2.24) is 0 Å². The number of thiophene rings is 1. The van der Waals surface area contributed by atoms with Crippen LogP contribution in [0.15, 0.2) is 34.1 Å². The van der Waals surface area contributed by atoms with Crippen LogP contribution in [0.4, 0.5) is 11.4 Å². The zero-order valence-electron chi connectivity index (χ0n) is 9.02. The summed E-state index contributed by atoms with van der Waals surface area (Å²) in [5.74, 6) is 0. The predicted molar refractivity (Wildman–Crippen MR) is 85.2 cm³/mol. The molecule has 0 fully saturated rings. The minimum absolute atomic E-state index is 0.109. The van der Waals surface area contributed by atoms with Gasteiger partial charge in [-0.1, -0.05) is 0 Å². The zero-order chi connectivity index (χ0) is 13.1. The molecule has 0 unspecified atom stereocenters. The molecular weight excluding hydrogens is 431 g/mol. The summed E-state index contributed by atoms with van der Waals surface area (Å²) in [4.78, 5) is 11.7. The van der Waals surface area contributed by atoms with Crippen molar-refractivity contribution in [3.05, 3.63) is 52.7 Å². The van der Waals surface area contributed by atoms with E-state index >= 15 is 0 Å². The number of halogens is 2. The van der Waals surface area contributed by atoms with Gasteiger partial charge in [-0.25, -0.2) is 0 Å². The van der Waals surface area contributed by atoms with Gasteiger partial charge in [0.15, 0.2) is 0 Å². The fourth-order valence-electron chi connectivity index (χ4n) is 1.43. The Labute approximate surface area is 130 Å². The lowest BCUT2D eigenvalue weighted by Crippen LogP contribution is -2.01. The van der Waals surface area contributed by atoms with Crippen LogP contribution < -0.4 is 5.32 Å². The van der Waals surface area contributed by atoms with E-state index in [9.17, 15) is 10.1 Å². The van der Waals surface area contributed by atoms with Gasteiger partial charge >= 0.3 is 0 Å². The van der Waals surface area contributed by atoms with Crippen molar-refractivity contribution in [2.75, 3.05) is 5.32 Å². The summed E-state index contributed by atoms with van der Waals surface area (Å²) in [5, 5.41) is 14.0. The molecule has 4 nitrogen and oxygen atoms in total. The number of nitro groups is 1. The van der Waals surface area contributed by atoms with Crippen LogP contribution in [0, 0.1) is 13.7 Å². The molecule has 2 aromatic rings. The predicted octanol–water partition coefficient (Wildman–Crippen LogP) is 4.64. The van der Waals surface area contributed by atoms with Gasteiger partial charge in [0.1, 0.15) is 5.69 Å². The van der Waals surface area contributed by atoms with Gasteiger partial charge in [0.25, 0.3) is 5.69 Å². The Hall–Kier alpha value is -0.670. The molecule has 2 rings (SSSR count). The van der Waals surface area contributed by atoms with E-state index in [1.165, 1.54) is 0 Å². The molecule has 0 saturated carbocycles. The summed E-state index contributed by atoms with van der Waals surface area (Å²) in [6.45, 7) is 0.581. The summed E-state index contributed by atoms with van der Waals surface area (Å²) < 4.78 is 1.90. The standard InChI is InChI=1S/C11H8BrIN2O2S/c12-11-4-2-8(18-11)6-14-9-3-1-7(13)5-10(9)15(16)17/h1-5,14H,6H2. The number of nitrogens with one attached hydrogen (secondary N) is 1. The normalized spacial score (nSPS) is 10.3. The number of hydrogen-bond donors (Lipinski definition) is 1. The molecule has 94 valence electrons. The summed E-state index contributed by atoms with van der Waals surface area (Å²) in [7, 11) is 0. The maximum absolute atomic E-state index is 10.9. The first-order chi connectivity index (χ1) is 8.56. The lowest BCUT2D eigenvalue weighted by atomic mass is 10.2. The molecular formula is C11H8BrIN2O2S. The molecule has 0 bridgehead atoms. The number of hydrogen-bond acceptors (Lipinski definition) is 4. The number of benzene rings is 1. The molecule has 0 saturated heterocycles. The topological polar surface area (TPSA) is 55.2 Å². The Bertz CT molecular complexity index is 588. The van der Waals surface area contributed by atoms with Crippen LogP contribution in [0.25, 0.3) is 0 Å². The fraction of sp³-hybridized carbons (Fsp3) is 0.0909. The van der Waals surface area contributed by atoms with Crippen molar-refractivity contribution in [3.8, 4) is 0 Å². The van der Waals surface area contributed by atoms with Crippen molar-refractivity contribution in [3.63, 3.8) is 0 Å². The van der Waals surface area contributed by atoms with Gasteiger partial charge in [-0.2, -0.15) is 0 Å². The third kappa shape index (κ3) is 3.42. The summed E-state index contributed by atoms with van der Waals surface area (Å²) >= 11 is 7.06. The van der Waals surface area contributed by atoms with Crippen molar-refractivity contribution in [2.45, 2.75) is 6.54 Å². The first-order valence-corrected chi connectivity index (χ1v) is 7.67. The van der Waals surface area contributed by atoms with Gasteiger partial charge in [-0.15, -0.1) is 11.3 Å². The van der Waals surface area contributed by atoms with E-state index in [1.807, 2.05) is 18.2 Å². The average molecular weight is 439 g/mol. The average Bonchev–Trinajstić information content (AvgIpc) is 2.73. The number of rotatable bonds is 4. The van der Waals surface area contributed by atoms with Crippen molar-refractivity contribution >= 4 is 61.2 Å². The third-order valence-electron chi connectivity index (χ3n) is 2.24. The van der Waals surface area contributed by atoms with Gasteiger partial charge in [0.05, 0.1) is 8.71 Å². The summed E-state index contributed by atoms with van der Waals surface area (Å²) in [6.07, 6.45) is 0. The zero-order valence-corrected chi connectivity index (χ0v) is 13.6. The van der Waals surface area contributed by atoms with Crippen LogP contribution in [-0.2, 0) is 6.54 Å². The molecule has 0 aliphatic carbocycles. The van der Waals surface area contributed by atoms with E-state index in [0.717, 1.165) is 12.2 Å². The number of anilines is 1. The Morgan fingerprint density at radius 1 is 1.39 bits per heavy atom. The first kappa shape index (κ1) is 13.8. The Balaban J connectivity index is 2.16. The van der Waals surface area contributed by atoms with Crippen molar-refractivity contribution in [2.24, 2.45) is 0 Å². The highest BCUT2D eigenvalue weighted by Crippen LogP contribution is 2.28. The maximum Gasteiger partial charge on any atom is 0.293 e. The minimum Gasteiger partial charge on any atom is -0.375 e. The molecule has 7 heteroatoms. The first-order valence-electron chi connectivity index (χ1n) is 4.98. The van der Waals surface area contributed by atoms with Crippen molar-refractivity contribution in [1.29, 1.82) is 0 Å². The molecule has 0 spiro atoms. The van der Waals surface area contributed by atoms with Crippen LogP contribution in [0.2, 0.25) is 0 Å². The fourth-order valence-corrected chi connectivity index (χ4v) is 3.33. The highest BCUT2D eigenvalue weighted by molar-refractivity contribution is 14.1. The molecule has 0 radical (unpaired) electrons. The summed E-state index contributed by atoms with van der Waals surface area (Å²) in [6, 6.07) is 9.10. The molecule has 0 aliphatic heterocycles. The van der Waals surface area contributed by atoms with Crippen LogP contribution in [0.5, 0.6) is 0 Å². The lowest BCUT2D eigenvalue weighted by molar-refractivity contribution is -0.384. The number of nitrogens with zero attached hydrogens (tertiary/aromatic N) is 1. The molecule has 1 aromatic carbocycles. The van der Waals surface area contributed by atoms with E-state index in [-0.39, 0.29) is 10.6 Å². The highest BCUT2D eigenvalue weighted by Gasteiger charge is 2.13. The minimum atomic E-state index is -0.366. The largest absolute Gasteiger partial charge is 0.375 e. The maximum atomic E-state index is 10.9. The monoisotopic (exact) mass is 438 g/mol. The van der Waals surface area contributed by atoms with Gasteiger partial charge in [0, 0.05) is 21.1 Å². The summed E-state index contributed by atoms with van der Waals surface area (Å²) in [5.41, 5.74) is 0.655. The van der Waals surface area contributed by atoms with Crippen LogP contribution in [0.3, 0.4) is 0 Å². The molecule has 1 heterocycles. The van der Waals surface area contributed by atoms with Crippen LogP contribution in [0.1, 0.15) is 4.88 Å². The van der Waals surface area contributed by atoms with E-state index in [4.69, 9.17) is 0 Å². The Kier molecular flexibility index (Phi) is 4.57. The molecule has 0 aliphatic rings. The molecule has 18 heavy (non-hydrogen) atoms. The van der Waals surface area contributed by atoms with E-state index in [0.29, 0.717) is 12.2 Å². The second-order valence-corrected chi connectivity index (χ2v) is 7.27. The Morgan fingerprint density at radius 3 is 2.78 bits per heavy atom. The third-order valence-corrected chi connectivity index (χ3v) is 4.53. The molecule has 1 aromatic heterocycles. The highest BCUT2D eigenvalue weighted by atomic mass is 127. The molecule has 0 atom stereocenters. The SMILES string of the molecule is O=[N+]([O-])c1cc(I)ccc1NCc1ccc(Br)s1.